The summed E-state index contributed by atoms with van der Waals surface area (Å²) < 4.78 is 0. The van der Waals surface area contributed by atoms with Crippen molar-refractivity contribution in [1.82, 2.24) is 9.97 Å². The highest BCUT2D eigenvalue weighted by molar-refractivity contribution is 6.09. The van der Waals surface area contributed by atoms with Gasteiger partial charge in [-0.3, -0.25) is 9.59 Å². The molecule has 1 aliphatic heterocycles. The number of fused-ring (bicyclic) bond motifs is 1. The molecule has 0 bridgehead atoms. The van der Waals surface area contributed by atoms with Gasteiger partial charge in [0.15, 0.2) is 5.82 Å². The van der Waals surface area contributed by atoms with Crippen LogP contribution in [0.15, 0.2) is 12.5 Å². The summed E-state index contributed by atoms with van der Waals surface area (Å²) >= 11 is 0. The molecular weight excluding hydrogens is 210 g/mol. The Kier molecular flexibility index (Phi) is 2.43. The zero-order valence-electron chi connectivity index (χ0n) is 8.67. The molecule has 1 aliphatic rings. The third kappa shape index (κ3) is 1.56. The van der Waals surface area contributed by atoms with Crippen LogP contribution in [0.25, 0.3) is 0 Å². The zero-order valence-corrected chi connectivity index (χ0v) is 8.67. The van der Waals surface area contributed by atoms with E-state index in [1.54, 1.807) is 7.05 Å². The molecule has 0 saturated carbocycles. The fourth-order valence-corrected chi connectivity index (χ4v) is 1.56. The minimum Gasteiger partial charge on any atom is -0.369 e. The topological polar surface area (TPSA) is 101 Å². The molecule has 16 heavy (non-hydrogen) atoms. The first-order valence-electron chi connectivity index (χ1n) is 4.72. The number of carbonyl (C=O) groups is 2. The third-order valence-electron chi connectivity index (χ3n) is 2.50. The van der Waals surface area contributed by atoms with Crippen molar-refractivity contribution < 1.29 is 9.59 Å². The zero-order chi connectivity index (χ0) is 11.7. The molecule has 3 N–H and O–H groups in total. The molecule has 0 fully saturated rings. The van der Waals surface area contributed by atoms with Gasteiger partial charge in [-0.15, -0.1) is 0 Å². The van der Waals surface area contributed by atoms with Crippen molar-refractivity contribution in [1.29, 1.82) is 0 Å². The Labute approximate surface area is 91.7 Å². The first-order valence-corrected chi connectivity index (χ1v) is 4.72. The largest absolute Gasteiger partial charge is 0.369 e. The maximum absolute atomic E-state index is 11.9. The van der Waals surface area contributed by atoms with Crippen LogP contribution in [0.4, 0.5) is 11.5 Å². The van der Waals surface area contributed by atoms with Crippen molar-refractivity contribution in [2.75, 3.05) is 23.8 Å². The van der Waals surface area contributed by atoms with Gasteiger partial charge < -0.3 is 16.0 Å². The van der Waals surface area contributed by atoms with Crippen LogP contribution in [0.3, 0.4) is 0 Å². The molecule has 7 nitrogen and oxygen atoms in total. The van der Waals surface area contributed by atoms with Gasteiger partial charge in [0.25, 0.3) is 0 Å². The van der Waals surface area contributed by atoms with E-state index in [9.17, 15) is 9.59 Å². The first-order chi connectivity index (χ1) is 7.61. The Morgan fingerprint density at radius 3 is 3.12 bits per heavy atom. The molecule has 1 unspecified atom stereocenters. The molecule has 2 amide bonds. The summed E-state index contributed by atoms with van der Waals surface area (Å²) in [5.74, 6) is -1.35. The predicted octanol–water partition coefficient (Wildman–Crippen LogP) is -1.03. The molecule has 0 aromatic carbocycles. The summed E-state index contributed by atoms with van der Waals surface area (Å²) in [6.45, 7) is 0.155. The number of nitrogens with one attached hydrogen (secondary N) is 1. The highest BCUT2D eigenvalue weighted by Gasteiger charge is 2.32. The number of aromatic nitrogens is 2. The van der Waals surface area contributed by atoms with Gasteiger partial charge in [-0.05, 0) is 0 Å². The molecule has 7 heteroatoms. The van der Waals surface area contributed by atoms with E-state index in [1.807, 2.05) is 0 Å². The molecule has 0 radical (unpaired) electrons. The molecule has 0 saturated heterocycles. The number of nitrogens with zero attached hydrogens (tertiary/aromatic N) is 3. The lowest BCUT2D eigenvalue weighted by Crippen LogP contribution is -2.41. The second-order valence-corrected chi connectivity index (χ2v) is 3.49. The first kappa shape index (κ1) is 10.3. The normalized spacial score (nSPS) is 19.7. The number of nitrogens with two attached hydrogens (primary N) is 1. The predicted molar refractivity (Wildman–Crippen MR) is 56.6 cm³/mol. The Balaban J connectivity index is 2.41. The van der Waals surface area contributed by atoms with Crippen LogP contribution in [0, 0.1) is 5.92 Å². The number of amides is 2. The summed E-state index contributed by atoms with van der Waals surface area (Å²) in [5, 5.41) is 2.90. The minimum atomic E-state index is -0.876. The number of hydrogen-bond donors (Lipinski definition) is 2. The summed E-state index contributed by atoms with van der Waals surface area (Å²) in [7, 11) is 1.56. The summed E-state index contributed by atoms with van der Waals surface area (Å²) in [4.78, 5) is 32.2. The van der Waals surface area contributed by atoms with Gasteiger partial charge in [0.1, 0.15) is 17.9 Å². The van der Waals surface area contributed by atoms with Gasteiger partial charge in [-0.2, -0.15) is 0 Å². The van der Waals surface area contributed by atoms with Crippen molar-refractivity contribution in [3.05, 3.63) is 12.5 Å². The fourth-order valence-electron chi connectivity index (χ4n) is 1.56. The SMILES string of the molecule is CN1C(=O)C(C(N)=O)CNc2ncncc21. The van der Waals surface area contributed by atoms with Crippen molar-refractivity contribution in [3.8, 4) is 0 Å². The standard InChI is InChI=1S/C9H11N5O2/c1-14-6-3-11-4-13-8(6)12-2-5(7(10)15)9(14)16/h3-5H,2H2,1H3,(H2,10,15)(H,11,12,13). The van der Waals surface area contributed by atoms with Gasteiger partial charge in [0, 0.05) is 13.6 Å². The third-order valence-corrected chi connectivity index (χ3v) is 2.50. The quantitative estimate of drug-likeness (QED) is 0.590. The van der Waals surface area contributed by atoms with E-state index in [0.29, 0.717) is 11.5 Å². The minimum absolute atomic E-state index is 0.155. The molecule has 1 aromatic rings. The summed E-state index contributed by atoms with van der Waals surface area (Å²) in [5.41, 5.74) is 5.70. The smallest absolute Gasteiger partial charge is 0.241 e. The molecule has 2 rings (SSSR count). The summed E-state index contributed by atoms with van der Waals surface area (Å²) in [6, 6.07) is 0. The van der Waals surface area contributed by atoms with Gasteiger partial charge in [-0.1, -0.05) is 0 Å². The number of primary amides is 1. The molecule has 0 spiro atoms. The van der Waals surface area contributed by atoms with Crippen LogP contribution in [-0.4, -0.2) is 35.4 Å². The van der Waals surface area contributed by atoms with E-state index < -0.39 is 11.8 Å². The maximum atomic E-state index is 11.9. The Morgan fingerprint density at radius 2 is 2.44 bits per heavy atom. The Bertz CT molecular complexity index is 447. The van der Waals surface area contributed by atoms with Gasteiger partial charge in [0.05, 0.1) is 6.20 Å². The Morgan fingerprint density at radius 1 is 1.69 bits per heavy atom. The van der Waals surface area contributed by atoms with E-state index in [-0.39, 0.29) is 12.5 Å². The van der Waals surface area contributed by atoms with Crippen LogP contribution >= 0.6 is 0 Å². The van der Waals surface area contributed by atoms with Crippen molar-refractivity contribution in [2.24, 2.45) is 11.7 Å². The molecular formula is C9H11N5O2. The number of anilines is 2. The van der Waals surface area contributed by atoms with E-state index >= 15 is 0 Å². The van der Waals surface area contributed by atoms with Crippen molar-refractivity contribution in [2.45, 2.75) is 0 Å². The second-order valence-electron chi connectivity index (χ2n) is 3.49. The maximum Gasteiger partial charge on any atom is 0.241 e. The van der Waals surface area contributed by atoms with E-state index in [2.05, 4.69) is 15.3 Å². The number of carbonyl (C=O) groups excluding carboxylic acids is 2. The number of hydrogen-bond acceptors (Lipinski definition) is 5. The van der Waals surface area contributed by atoms with Crippen LogP contribution in [-0.2, 0) is 9.59 Å². The summed E-state index contributed by atoms with van der Waals surface area (Å²) in [6.07, 6.45) is 2.88. The average Bonchev–Trinajstić information content (AvgIpc) is 2.39. The van der Waals surface area contributed by atoms with Gasteiger partial charge >= 0.3 is 0 Å². The lowest BCUT2D eigenvalue weighted by atomic mass is 10.1. The molecule has 84 valence electrons. The van der Waals surface area contributed by atoms with Crippen LogP contribution in [0.1, 0.15) is 0 Å². The molecule has 1 atom stereocenters. The molecule has 1 aromatic heterocycles. The Hall–Kier alpha value is -2.18. The number of rotatable bonds is 1. The molecule has 2 heterocycles. The van der Waals surface area contributed by atoms with Crippen LogP contribution < -0.4 is 16.0 Å². The lowest BCUT2D eigenvalue weighted by molar-refractivity contribution is -0.131. The van der Waals surface area contributed by atoms with Gasteiger partial charge in [0.2, 0.25) is 11.8 Å². The monoisotopic (exact) mass is 221 g/mol. The molecule has 0 aliphatic carbocycles. The highest BCUT2D eigenvalue weighted by Crippen LogP contribution is 2.25. The average molecular weight is 221 g/mol. The highest BCUT2D eigenvalue weighted by atomic mass is 16.2. The van der Waals surface area contributed by atoms with Gasteiger partial charge in [-0.25, -0.2) is 9.97 Å². The van der Waals surface area contributed by atoms with Crippen LogP contribution in [0.5, 0.6) is 0 Å². The fraction of sp³-hybridized carbons (Fsp3) is 0.333. The second kappa shape index (κ2) is 3.76. The van der Waals surface area contributed by atoms with Crippen molar-refractivity contribution in [3.63, 3.8) is 0 Å². The lowest BCUT2D eigenvalue weighted by Gasteiger charge is -2.17. The van der Waals surface area contributed by atoms with E-state index in [0.717, 1.165) is 0 Å². The van der Waals surface area contributed by atoms with Crippen molar-refractivity contribution >= 4 is 23.3 Å². The van der Waals surface area contributed by atoms with Crippen LogP contribution in [0.2, 0.25) is 0 Å². The van der Waals surface area contributed by atoms with E-state index in [1.165, 1.54) is 17.4 Å². The van der Waals surface area contributed by atoms with E-state index in [4.69, 9.17) is 5.73 Å².